The van der Waals surface area contributed by atoms with Gasteiger partial charge in [-0.2, -0.15) is 0 Å². The van der Waals surface area contributed by atoms with Gasteiger partial charge in [0.2, 0.25) is 0 Å². The molecule has 1 amide bonds. The summed E-state index contributed by atoms with van der Waals surface area (Å²) in [6.07, 6.45) is -1.71. The van der Waals surface area contributed by atoms with E-state index in [4.69, 9.17) is 0 Å². The number of anilines is 1. The number of benzene rings is 2. The fraction of sp³-hybridized carbons (Fsp3) is 0.136. The minimum Gasteiger partial charge on any atom is -0.406 e. The predicted octanol–water partition coefficient (Wildman–Crippen LogP) is 4.95. The maximum atomic E-state index is 13.9. The van der Waals surface area contributed by atoms with Crippen LogP contribution >= 0.6 is 11.8 Å². The van der Waals surface area contributed by atoms with Crippen molar-refractivity contribution < 1.29 is 27.1 Å². The lowest BCUT2D eigenvalue weighted by atomic mass is 10.2. The number of amides is 1. The molecule has 0 atom stereocenters. The van der Waals surface area contributed by atoms with Crippen LogP contribution in [0, 0.1) is 12.7 Å². The van der Waals surface area contributed by atoms with E-state index >= 15 is 0 Å². The molecule has 0 bridgehead atoms. The minimum absolute atomic E-state index is 0.0509. The van der Waals surface area contributed by atoms with Gasteiger partial charge in [-0.25, -0.2) is 19.0 Å². The summed E-state index contributed by atoms with van der Waals surface area (Å²) < 4.78 is 56.5. The number of nitrogens with zero attached hydrogens (tertiary/aromatic N) is 5. The van der Waals surface area contributed by atoms with Crippen molar-refractivity contribution in [2.45, 2.75) is 24.2 Å². The summed E-state index contributed by atoms with van der Waals surface area (Å²) >= 11 is 1.20. The summed E-state index contributed by atoms with van der Waals surface area (Å²) in [4.78, 5) is 21.2. The van der Waals surface area contributed by atoms with Gasteiger partial charge in [0, 0.05) is 23.8 Å². The Morgan fingerprint density at radius 2 is 1.83 bits per heavy atom. The number of ether oxygens (including phenoxy) is 1. The van der Waals surface area contributed by atoms with Crippen molar-refractivity contribution in [1.29, 1.82) is 0 Å². The number of carbonyl (C=O) groups is 1. The van der Waals surface area contributed by atoms with Crippen LogP contribution in [0.4, 0.5) is 23.2 Å². The van der Waals surface area contributed by atoms with Gasteiger partial charge in [0.05, 0.1) is 11.4 Å². The van der Waals surface area contributed by atoms with E-state index in [2.05, 4.69) is 30.3 Å². The number of aromatic nitrogens is 5. The first kappa shape index (κ1) is 24.1. The van der Waals surface area contributed by atoms with Crippen LogP contribution in [0.5, 0.6) is 5.75 Å². The molecule has 8 nitrogen and oxygen atoms in total. The molecule has 2 aromatic carbocycles. The van der Waals surface area contributed by atoms with Crippen LogP contribution in [0.3, 0.4) is 0 Å². The van der Waals surface area contributed by atoms with Gasteiger partial charge >= 0.3 is 6.36 Å². The van der Waals surface area contributed by atoms with Crippen molar-refractivity contribution >= 4 is 23.4 Å². The van der Waals surface area contributed by atoms with Gasteiger partial charge in [-0.15, -0.1) is 18.3 Å². The molecule has 0 fully saturated rings. The molecule has 0 unspecified atom stereocenters. The monoisotopic (exact) mass is 504 g/mol. The molecule has 2 heterocycles. The Labute approximate surface area is 200 Å². The van der Waals surface area contributed by atoms with Gasteiger partial charge < -0.3 is 10.1 Å². The normalized spacial score (nSPS) is 11.3. The molecule has 0 radical (unpaired) electrons. The Morgan fingerprint density at radius 1 is 1.11 bits per heavy atom. The Kier molecular flexibility index (Phi) is 6.96. The maximum absolute atomic E-state index is 13.9. The Morgan fingerprint density at radius 3 is 2.49 bits per heavy atom. The molecule has 0 spiro atoms. The first-order valence-electron chi connectivity index (χ1n) is 9.98. The zero-order valence-electron chi connectivity index (χ0n) is 18.0. The summed E-state index contributed by atoms with van der Waals surface area (Å²) in [5.74, 6) is -1.37. The second-order valence-corrected chi connectivity index (χ2v) is 8.02. The quantitative estimate of drug-likeness (QED) is 0.216. The summed E-state index contributed by atoms with van der Waals surface area (Å²) in [5.41, 5.74) is 1.28. The summed E-state index contributed by atoms with van der Waals surface area (Å²) in [5, 5.41) is 11.0. The number of halogens is 4. The molecule has 0 aliphatic carbocycles. The SMILES string of the molecule is Cc1ccc(NC(=O)c2nnn(-c3ccc(OC(F)(F)F)cc3)c2CSc2ncccn2)cc1F. The minimum atomic E-state index is -4.83. The molecule has 0 saturated carbocycles. The van der Waals surface area contributed by atoms with E-state index in [0.29, 0.717) is 22.1 Å². The third-order valence-electron chi connectivity index (χ3n) is 4.60. The lowest BCUT2D eigenvalue weighted by Crippen LogP contribution is -2.17. The van der Waals surface area contributed by atoms with E-state index in [-0.39, 0.29) is 17.1 Å². The third kappa shape index (κ3) is 6.12. The topological polar surface area (TPSA) is 94.8 Å². The molecule has 0 aliphatic heterocycles. The highest BCUT2D eigenvalue weighted by Gasteiger charge is 2.31. The molecular formula is C22H16F4N6O2S. The Bertz CT molecular complexity index is 1330. The smallest absolute Gasteiger partial charge is 0.406 e. The summed E-state index contributed by atoms with van der Waals surface area (Å²) in [6.45, 7) is 1.60. The largest absolute Gasteiger partial charge is 0.573 e. The molecule has 1 N–H and O–H groups in total. The van der Waals surface area contributed by atoms with Crippen LogP contribution in [0.2, 0.25) is 0 Å². The van der Waals surface area contributed by atoms with Gasteiger partial charge in [0.1, 0.15) is 11.6 Å². The highest BCUT2D eigenvalue weighted by molar-refractivity contribution is 7.98. The number of thioether (sulfide) groups is 1. The number of aryl methyl sites for hydroxylation is 1. The van der Waals surface area contributed by atoms with Crippen LogP contribution in [0.15, 0.2) is 66.1 Å². The van der Waals surface area contributed by atoms with Crippen molar-refractivity contribution in [2.75, 3.05) is 5.32 Å². The Balaban J connectivity index is 1.64. The van der Waals surface area contributed by atoms with Gasteiger partial charge in [-0.05, 0) is 55.0 Å². The van der Waals surface area contributed by atoms with E-state index in [0.717, 1.165) is 12.1 Å². The van der Waals surface area contributed by atoms with E-state index in [1.54, 1.807) is 31.5 Å². The fourth-order valence-corrected chi connectivity index (χ4v) is 3.75. The standard InChI is InChI=1S/C22H16F4N6O2S/c1-13-3-4-14(11-17(13)23)29-20(33)19-18(12-35-21-27-9-2-10-28-21)32(31-30-19)15-5-7-16(8-6-15)34-22(24,25)26/h2-11H,12H2,1H3,(H,29,33). The highest BCUT2D eigenvalue weighted by atomic mass is 32.2. The van der Waals surface area contributed by atoms with E-state index in [1.807, 2.05) is 0 Å². The lowest BCUT2D eigenvalue weighted by molar-refractivity contribution is -0.274. The molecule has 4 rings (SSSR count). The average molecular weight is 504 g/mol. The molecule has 2 aromatic heterocycles. The predicted molar refractivity (Wildman–Crippen MR) is 119 cm³/mol. The number of alkyl halides is 3. The molecule has 35 heavy (non-hydrogen) atoms. The number of hydrogen-bond acceptors (Lipinski definition) is 7. The van der Waals surface area contributed by atoms with Crippen molar-refractivity contribution in [3.8, 4) is 11.4 Å². The van der Waals surface area contributed by atoms with E-state index < -0.39 is 23.8 Å². The molecule has 4 aromatic rings. The zero-order valence-corrected chi connectivity index (χ0v) is 18.8. The second-order valence-electron chi connectivity index (χ2n) is 7.08. The number of nitrogens with one attached hydrogen (secondary N) is 1. The Hall–Kier alpha value is -4.00. The van der Waals surface area contributed by atoms with Crippen LogP contribution in [-0.2, 0) is 5.75 Å². The highest BCUT2D eigenvalue weighted by Crippen LogP contribution is 2.27. The van der Waals surface area contributed by atoms with Crippen LogP contribution in [-0.4, -0.2) is 37.2 Å². The van der Waals surface area contributed by atoms with E-state index in [9.17, 15) is 22.4 Å². The van der Waals surface area contributed by atoms with Gasteiger partial charge in [0.25, 0.3) is 5.91 Å². The van der Waals surface area contributed by atoms with Crippen LogP contribution < -0.4 is 10.1 Å². The molecule has 0 saturated heterocycles. The van der Waals surface area contributed by atoms with Crippen LogP contribution in [0.25, 0.3) is 5.69 Å². The summed E-state index contributed by atoms with van der Waals surface area (Å²) in [7, 11) is 0. The van der Waals surface area contributed by atoms with Gasteiger partial charge in [0.15, 0.2) is 10.9 Å². The number of hydrogen-bond donors (Lipinski definition) is 1. The molecule has 13 heteroatoms. The molecule has 180 valence electrons. The van der Waals surface area contributed by atoms with Crippen molar-refractivity contribution in [3.63, 3.8) is 0 Å². The van der Waals surface area contributed by atoms with Gasteiger partial charge in [-0.1, -0.05) is 23.0 Å². The first-order chi connectivity index (χ1) is 16.7. The fourth-order valence-electron chi connectivity index (χ4n) is 2.96. The zero-order chi connectivity index (χ0) is 25.0. The average Bonchev–Trinajstić information content (AvgIpc) is 3.24. The van der Waals surface area contributed by atoms with Crippen LogP contribution in [0.1, 0.15) is 21.7 Å². The maximum Gasteiger partial charge on any atom is 0.573 e. The number of carbonyl (C=O) groups excluding carboxylic acids is 1. The van der Waals surface area contributed by atoms with Gasteiger partial charge in [-0.3, -0.25) is 4.79 Å². The third-order valence-corrected chi connectivity index (χ3v) is 5.49. The van der Waals surface area contributed by atoms with E-state index in [1.165, 1.54) is 40.7 Å². The summed E-state index contributed by atoms with van der Waals surface area (Å²) in [6, 6.07) is 10.8. The lowest BCUT2D eigenvalue weighted by Gasteiger charge is -2.11. The second kappa shape index (κ2) is 10.1. The van der Waals surface area contributed by atoms with Crippen molar-refractivity contribution in [1.82, 2.24) is 25.0 Å². The van der Waals surface area contributed by atoms with Crippen molar-refractivity contribution in [3.05, 3.63) is 83.7 Å². The molecular weight excluding hydrogens is 488 g/mol. The first-order valence-corrected chi connectivity index (χ1v) is 11.0. The number of rotatable bonds is 7. The molecule has 0 aliphatic rings. The van der Waals surface area contributed by atoms with Crippen molar-refractivity contribution in [2.24, 2.45) is 0 Å².